The fraction of sp³-hybridized carbons (Fsp3) is 0.227. The number of carbonyl (C=O) groups excluding carboxylic acids is 1. The second-order valence-electron chi connectivity index (χ2n) is 7.07. The van der Waals surface area contributed by atoms with Crippen molar-refractivity contribution < 1.29 is 27.1 Å². The van der Waals surface area contributed by atoms with Gasteiger partial charge in [-0.15, -0.1) is 0 Å². The molecular formula is C22H21F4N5O2. The molecule has 3 aromatic rings. The van der Waals surface area contributed by atoms with Crippen molar-refractivity contribution in [3.63, 3.8) is 0 Å². The number of nitrogens with one attached hydrogen (secondary N) is 2. The van der Waals surface area contributed by atoms with Gasteiger partial charge in [0.1, 0.15) is 17.5 Å². The molecule has 0 aliphatic heterocycles. The van der Waals surface area contributed by atoms with Crippen LogP contribution in [-0.2, 0) is 11.3 Å². The van der Waals surface area contributed by atoms with E-state index in [1.807, 2.05) is 6.92 Å². The number of halogens is 4. The van der Waals surface area contributed by atoms with Gasteiger partial charge in [-0.3, -0.25) is 0 Å². The third kappa shape index (κ3) is 6.16. The number of anilines is 3. The van der Waals surface area contributed by atoms with Crippen molar-refractivity contribution in [3.05, 3.63) is 77.5 Å². The van der Waals surface area contributed by atoms with Crippen LogP contribution in [0, 0.1) is 23.3 Å². The van der Waals surface area contributed by atoms with Gasteiger partial charge in [0.15, 0.2) is 11.6 Å². The average Bonchev–Trinajstić information content (AvgIpc) is 2.77. The van der Waals surface area contributed by atoms with E-state index < -0.39 is 35.8 Å². The summed E-state index contributed by atoms with van der Waals surface area (Å²) < 4.78 is 59.4. The van der Waals surface area contributed by atoms with Gasteiger partial charge in [0.05, 0.1) is 12.3 Å². The molecule has 0 aliphatic carbocycles. The molecule has 0 radical (unpaired) electrons. The molecule has 2 aromatic carbocycles. The molecular weight excluding hydrogens is 442 g/mol. The van der Waals surface area contributed by atoms with E-state index in [1.165, 1.54) is 24.4 Å². The maximum atomic E-state index is 14.0. The van der Waals surface area contributed by atoms with E-state index in [9.17, 15) is 22.4 Å². The first-order valence-electron chi connectivity index (χ1n) is 9.84. The summed E-state index contributed by atoms with van der Waals surface area (Å²) in [5.41, 5.74) is -0.132. The lowest BCUT2D eigenvalue weighted by Crippen LogP contribution is -2.37. The van der Waals surface area contributed by atoms with Gasteiger partial charge in [-0.2, -0.15) is 4.98 Å². The summed E-state index contributed by atoms with van der Waals surface area (Å²) in [5, 5.41) is 5.42. The molecule has 0 spiro atoms. The lowest BCUT2D eigenvalue weighted by molar-refractivity contribution is 0.190. The Balaban J connectivity index is 1.89. The molecule has 174 valence electrons. The van der Waals surface area contributed by atoms with Crippen LogP contribution in [-0.4, -0.2) is 35.8 Å². The van der Waals surface area contributed by atoms with Gasteiger partial charge in [-0.1, -0.05) is 0 Å². The fourth-order valence-corrected chi connectivity index (χ4v) is 2.99. The number of nitrogens with zero attached hydrogens (tertiary/aromatic N) is 3. The maximum Gasteiger partial charge on any atom is 0.327 e. The molecule has 7 nitrogen and oxygen atoms in total. The van der Waals surface area contributed by atoms with Crippen LogP contribution in [0.1, 0.15) is 12.5 Å². The van der Waals surface area contributed by atoms with Gasteiger partial charge in [-0.25, -0.2) is 32.2 Å². The molecule has 11 heteroatoms. The van der Waals surface area contributed by atoms with Gasteiger partial charge in [-0.05, 0) is 37.3 Å². The quantitative estimate of drug-likeness (QED) is 0.379. The van der Waals surface area contributed by atoms with Crippen LogP contribution in [0.4, 0.5) is 39.8 Å². The van der Waals surface area contributed by atoms with E-state index >= 15 is 0 Å². The summed E-state index contributed by atoms with van der Waals surface area (Å²) in [6, 6.07) is 6.70. The Morgan fingerprint density at radius 1 is 1.09 bits per heavy atom. The first-order valence-corrected chi connectivity index (χ1v) is 9.84. The third-order valence-electron chi connectivity index (χ3n) is 4.45. The summed E-state index contributed by atoms with van der Waals surface area (Å²) in [5.74, 6) is -3.82. The molecule has 0 aliphatic rings. The van der Waals surface area contributed by atoms with E-state index in [0.29, 0.717) is 12.7 Å². The highest BCUT2D eigenvalue weighted by molar-refractivity contribution is 5.98. The maximum absolute atomic E-state index is 14.0. The van der Waals surface area contributed by atoms with E-state index in [-0.39, 0.29) is 29.1 Å². The highest BCUT2D eigenvalue weighted by Crippen LogP contribution is 2.25. The molecule has 0 fully saturated rings. The first kappa shape index (κ1) is 23.9. The second kappa shape index (κ2) is 10.7. The first-order chi connectivity index (χ1) is 15.8. The molecule has 0 bridgehead atoms. The Bertz CT molecular complexity index is 1110. The Morgan fingerprint density at radius 3 is 2.52 bits per heavy atom. The number of aromatic nitrogens is 2. The largest absolute Gasteiger partial charge is 0.383 e. The summed E-state index contributed by atoms with van der Waals surface area (Å²) in [6.45, 7) is 1.72. The Kier molecular flexibility index (Phi) is 7.78. The van der Waals surface area contributed by atoms with Crippen LogP contribution >= 0.6 is 0 Å². The molecule has 1 aromatic heterocycles. The van der Waals surface area contributed by atoms with E-state index in [2.05, 4.69) is 20.6 Å². The van der Waals surface area contributed by atoms with Crippen LogP contribution in [0.2, 0.25) is 0 Å². The number of hydrogen-bond donors (Lipinski definition) is 2. The zero-order chi connectivity index (χ0) is 24.0. The second-order valence-corrected chi connectivity index (χ2v) is 7.07. The van der Waals surface area contributed by atoms with Crippen molar-refractivity contribution in [1.29, 1.82) is 0 Å². The predicted molar refractivity (Wildman–Crippen MR) is 114 cm³/mol. The molecule has 2 N–H and O–H groups in total. The van der Waals surface area contributed by atoms with Gasteiger partial charge < -0.3 is 15.4 Å². The summed E-state index contributed by atoms with van der Waals surface area (Å²) in [7, 11) is 1.55. The third-order valence-corrected chi connectivity index (χ3v) is 4.45. The van der Waals surface area contributed by atoms with Crippen LogP contribution in [0.25, 0.3) is 0 Å². The molecule has 1 atom stereocenters. The smallest absolute Gasteiger partial charge is 0.327 e. The highest BCUT2D eigenvalue weighted by Gasteiger charge is 2.21. The van der Waals surface area contributed by atoms with Crippen LogP contribution in [0.3, 0.4) is 0 Å². The van der Waals surface area contributed by atoms with Crippen molar-refractivity contribution in [1.82, 2.24) is 15.3 Å². The van der Waals surface area contributed by atoms with Gasteiger partial charge in [0.2, 0.25) is 5.95 Å². The van der Waals surface area contributed by atoms with E-state index in [4.69, 9.17) is 4.74 Å². The minimum absolute atomic E-state index is 0.118. The molecule has 0 saturated heterocycles. The van der Waals surface area contributed by atoms with Gasteiger partial charge in [0, 0.05) is 43.6 Å². The number of carbonyl (C=O) groups is 1. The van der Waals surface area contributed by atoms with E-state index in [1.54, 1.807) is 7.11 Å². The molecule has 1 heterocycles. The van der Waals surface area contributed by atoms with Crippen LogP contribution in [0.15, 0.2) is 48.7 Å². The fourth-order valence-electron chi connectivity index (χ4n) is 2.99. The molecule has 2 amide bonds. The Labute approximate surface area is 187 Å². The van der Waals surface area contributed by atoms with Crippen molar-refractivity contribution in [2.45, 2.75) is 19.5 Å². The monoisotopic (exact) mass is 463 g/mol. The molecule has 33 heavy (non-hydrogen) atoms. The van der Waals surface area contributed by atoms with Crippen LogP contribution in [0.5, 0.6) is 0 Å². The minimum Gasteiger partial charge on any atom is -0.383 e. The number of urea groups is 1. The summed E-state index contributed by atoms with van der Waals surface area (Å²) >= 11 is 0. The lowest BCUT2D eigenvalue weighted by atomic mass is 10.2. The van der Waals surface area contributed by atoms with Crippen molar-refractivity contribution in [2.24, 2.45) is 0 Å². The SMILES string of the molecule is COC[C@H](C)Nc1nccc(N(C(=O)NCc2cc(F)cc(F)c2F)c2ccc(F)cc2)n1. The summed E-state index contributed by atoms with van der Waals surface area (Å²) in [4.78, 5) is 22.5. The lowest BCUT2D eigenvalue weighted by Gasteiger charge is -2.23. The average molecular weight is 463 g/mol. The minimum atomic E-state index is -1.37. The van der Waals surface area contributed by atoms with Crippen molar-refractivity contribution in [2.75, 3.05) is 23.9 Å². The molecule has 0 unspecified atom stereocenters. The Hall–Kier alpha value is -3.73. The number of amides is 2. The number of hydrogen-bond acceptors (Lipinski definition) is 5. The highest BCUT2D eigenvalue weighted by atomic mass is 19.2. The molecule has 0 saturated carbocycles. The number of rotatable bonds is 8. The van der Waals surface area contributed by atoms with Gasteiger partial charge in [0.25, 0.3) is 0 Å². The number of methoxy groups -OCH3 is 1. The van der Waals surface area contributed by atoms with Crippen molar-refractivity contribution >= 4 is 23.5 Å². The standard InChI is InChI=1S/C22H21F4N5O2/c1-13(12-33-2)29-21-27-8-7-19(30-21)31(17-5-3-15(23)4-6-17)22(32)28-11-14-9-16(24)10-18(25)20(14)26/h3-10,13H,11-12H2,1-2H3,(H,28,32)(H,27,29,30)/t13-/m0/s1. The summed E-state index contributed by atoms with van der Waals surface area (Å²) in [6.07, 6.45) is 1.41. The van der Waals surface area contributed by atoms with Crippen molar-refractivity contribution in [3.8, 4) is 0 Å². The normalized spacial score (nSPS) is 11.7. The zero-order valence-electron chi connectivity index (χ0n) is 17.8. The van der Waals surface area contributed by atoms with Crippen LogP contribution < -0.4 is 15.5 Å². The van der Waals surface area contributed by atoms with E-state index in [0.717, 1.165) is 23.1 Å². The number of benzene rings is 2. The number of ether oxygens (including phenoxy) is 1. The Morgan fingerprint density at radius 2 is 1.82 bits per heavy atom. The topological polar surface area (TPSA) is 79.4 Å². The van der Waals surface area contributed by atoms with Gasteiger partial charge >= 0.3 is 6.03 Å². The predicted octanol–water partition coefficient (Wildman–Crippen LogP) is 4.53. The zero-order valence-corrected chi connectivity index (χ0v) is 17.8. The molecule has 3 rings (SSSR count).